The Morgan fingerprint density at radius 1 is 0.769 bits per heavy atom. The third-order valence-electron chi connectivity index (χ3n) is 6.31. The fourth-order valence-corrected chi connectivity index (χ4v) is 4.24. The Bertz CT molecular complexity index is 1750. The second kappa shape index (κ2) is 12.0. The van der Waals surface area contributed by atoms with Crippen LogP contribution in [0.2, 0.25) is 0 Å². The van der Waals surface area contributed by atoms with Crippen LogP contribution < -0.4 is 14.9 Å². The molecule has 0 aliphatic heterocycles. The van der Waals surface area contributed by atoms with E-state index in [1.165, 1.54) is 0 Å². The topological polar surface area (TPSA) is 48.7 Å². The summed E-state index contributed by atoms with van der Waals surface area (Å²) in [4.78, 5) is 13.7. The van der Waals surface area contributed by atoms with Crippen LogP contribution in [0.1, 0.15) is 16.7 Å². The Hall–Kier alpha value is -5.01. The fraction of sp³-hybridized carbons (Fsp3) is 0.114. The molecule has 4 heteroatoms. The van der Waals surface area contributed by atoms with E-state index in [2.05, 4.69) is 11.8 Å². The van der Waals surface area contributed by atoms with Gasteiger partial charge in [0.15, 0.2) is 0 Å². The molecular weight excluding hydrogens is 484 g/mol. The SMILES string of the molecule is Cc1ccccc1OCC#C/C(=C\c1c(-c2ccccc2)oc2ccccc2c1=O)COc1ccccc1C. The minimum absolute atomic E-state index is 0.123. The molecule has 0 saturated heterocycles. The molecule has 39 heavy (non-hydrogen) atoms. The van der Waals surface area contributed by atoms with Gasteiger partial charge in [0, 0.05) is 11.1 Å². The van der Waals surface area contributed by atoms with Crippen LogP contribution in [-0.4, -0.2) is 13.2 Å². The third-order valence-corrected chi connectivity index (χ3v) is 6.31. The van der Waals surface area contributed by atoms with Crippen LogP contribution in [-0.2, 0) is 0 Å². The summed E-state index contributed by atoms with van der Waals surface area (Å²) in [5, 5.41) is 0.512. The number of hydrogen-bond donors (Lipinski definition) is 0. The lowest BCUT2D eigenvalue weighted by Gasteiger charge is -2.11. The summed E-state index contributed by atoms with van der Waals surface area (Å²) >= 11 is 0. The molecule has 0 spiro atoms. The molecule has 0 amide bonds. The Balaban J connectivity index is 1.56. The summed E-state index contributed by atoms with van der Waals surface area (Å²) in [6.45, 7) is 4.37. The van der Waals surface area contributed by atoms with Crippen molar-refractivity contribution in [3.8, 4) is 34.7 Å². The standard InChI is InChI=1S/C35H28O4/c1-25-13-6-9-19-31(25)37-22-12-15-27(24-38-32-20-10-7-14-26(32)2)23-30-34(36)29-18-8-11-21-33(29)39-35(30)28-16-4-3-5-17-28/h3-11,13-14,16-21,23H,22,24H2,1-2H3/b27-23+. The molecule has 1 heterocycles. The molecule has 4 nitrogen and oxygen atoms in total. The van der Waals surface area contributed by atoms with Crippen LogP contribution in [0.3, 0.4) is 0 Å². The lowest BCUT2D eigenvalue weighted by atomic mass is 10.0. The van der Waals surface area contributed by atoms with E-state index < -0.39 is 0 Å². The predicted octanol–water partition coefficient (Wildman–Crippen LogP) is 7.62. The normalized spacial score (nSPS) is 11.1. The molecule has 192 valence electrons. The Morgan fingerprint density at radius 3 is 2.10 bits per heavy atom. The highest BCUT2D eigenvalue weighted by molar-refractivity contribution is 5.84. The van der Waals surface area contributed by atoms with Gasteiger partial charge in [-0.3, -0.25) is 4.79 Å². The van der Waals surface area contributed by atoms with E-state index in [9.17, 15) is 4.79 Å². The number of benzene rings is 4. The van der Waals surface area contributed by atoms with Gasteiger partial charge in [-0.15, -0.1) is 0 Å². The molecule has 0 N–H and O–H groups in total. The molecule has 0 atom stereocenters. The van der Waals surface area contributed by atoms with E-state index in [-0.39, 0.29) is 18.6 Å². The maximum absolute atomic E-state index is 13.7. The molecule has 0 saturated carbocycles. The molecule has 0 aliphatic carbocycles. The molecule has 4 aromatic carbocycles. The summed E-state index contributed by atoms with van der Waals surface area (Å²) in [6, 6.07) is 32.5. The van der Waals surface area contributed by atoms with Gasteiger partial charge in [0.1, 0.15) is 36.1 Å². The predicted molar refractivity (Wildman–Crippen MR) is 157 cm³/mol. The fourth-order valence-electron chi connectivity index (χ4n) is 4.24. The van der Waals surface area contributed by atoms with Crippen molar-refractivity contribution in [2.45, 2.75) is 13.8 Å². The zero-order valence-corrected chi connectivity index (χ0v) is 21.9. The average Bonchev–Trinajstić information content (AvgIpc) is 2.97. The van der Waals surface area contributed by atoms with Gasteiger partial charge in [-0.25, -0.2) is 0 Å². The smallest absolute Gasteiger partial charge is 0.200 e. The first-order chi connectivity index (χ1) is 19.1. The number of para-hydroxylation sites is 3. The molecule has 1 aromatic heterocycles. The molecule has 5 aromatic rings. The van der Waals surface area contributed by atoms with Gasteiger partial charge in [0.05, 0.1) is 10.9 Å². The second-order valence-corrected chi connectivity index (χ2v) is 9.12. The number of fused-ring (bicyclic) bond motifs is 1. The molecule has 0 fully saturated rings. The van der Waals surface area contributed by atoms with Gasteiger partial charge in [-0.1, -0.05) is 90.7 Å². The summed E-state index contributed by atoms with van der Waals surface area (Å²) in [5.41, 5.74) is 4.34. The first-order valence-corrected chi connectivity index (χ1v) is 12.8. The van der Waals surface area contributed by atoms with Crippen molar-refractivity contribution in [2.24, 2.45) is 0 Å². The van der Waals surface area contributed by atoms with Crippen molar-refractivity contribution < 1.29 is 13.9 Å². The average molecular weight is 513 g/mol. The minimum atomic E-state index is -0.123. The first kappa shape index (κ1) is 25.6. The molecule has 0 aliphatic rings. The Kier molecular flexibility index (Phi) is 7.90. The van der Waals surface area contributed by atoms with Gasteiger partial charge in [0.2, 0.25) is 5.43 Å². The molecule has 0 radical (unpaired) electrons. The summed E-state index contributed by atoms with van der Waals surface area (Å²) in [5.74, 6) is 8.32. The third kappa shape index (κ3) is 6.11. The van der Waals surface area contributed by atoms with Crippen LogP contribution in [0, 0.1) is 25.7 Å². The Labute approximate surface area is 228 Å². The zero-order valence-electron chi connectivity index (χ0n) is 21.9. The van der Waals surface area contributed by atoms with Gasteiger partial charge >= 0.3 is 0 Å². The first-order valence-electron chi connectivity index (χ1n) is 12.8. The quantitative estimate of drug-likeness (QED) is 0.211. The van der Waals surface area contributed by atoms with Gasteiger partial charge in [0.25, 0.3) is 0 Å². The van der Waals surface area contributed by atoms with E-state index in [1.807, 2.05) is 111 Å². The van der Waals surface area contributed by atoms with Crippen LogP contribution in [0.5, 0.6) is 11.5 Å². The number of rotatable bonds is 7. The van der Waals surface area contributed by atoms with E-state index in [0.29, 0.717) is 27.9 Å². The van der Waals surface area contributed by atoms with Gasteiger partial charge < -0.3 is 13.9 Å². The summed E-state index contributed by atoms with van der Waals surface area (Å²) < 4.78 is 18.3. The summed E-state index contributed by atoms with van der Waals surface area (Å²) in [6.07, 6.45) is 1.78. The van der Waals surface area contributed by atoms with Crippen LogP contribution in [0.25, 0.3) is 28.4 Å². The van der Waals surface area contributed by atoms with Crippen LogP contribution in [0.4, 0.5) is 0 Å². The lowest BCUT2D eigenvalue weighted by molar-refractivity contribution is 0.354. The Morgan fingerprint density at radius 2 is 1.38 bits per heavy atom. The maximum Gasteiger partial charge on any atom is 0.200 e. The largest absolute Gasteiger partial charge is 0.488 e. The van der Waals surface area contributed by atoms with Gasteiger partial charge in [-0.2, -0.15) is 0 Å². The van der Waals surface area contributed by atoms with Crippen LogP contribution in [0.15, 0.2) is 118 Å². The molecular formula is C35H28O4. The highest BCUT2D eigenvalue weighted by atomic mass is 16.5. The summed E-state index contributed by atoms with van der Waals surface area (Å²) in [7, 11) is 0. The highest BCUT2D eigenvalue weighted by Gasteiger charge is 2.15. The van der Waals surface area contributed by atoms with Crippen molar-refractivity contribution in [2.75, 3.05) is 13.2 Å². The van der Waals surface area contributed by atoms with Crippen molar-refractivity contribution in [1.29, 1.82) is 0 Å². The number of aryl methyl sites for hydroxylation is 2. The van der Waals surface area contributed by atoms with Gasteiger partial charge in [-0.05, 0) is 55.3 Å². The second-order valence-electron chi connectivity index (χ2n) is 9.12. The number of hydrogen-bond acceptors (Lipinski definition) is 4. The maximum atomic E-state index is 13.7. The lowest BCUT2D eigenvalue weighted by Crippen LogP contribution is -2.09. The van der Waals surface area contributed by atoms with E-state index in [0.717, 1.165) is 28.2 Å². The monoisotopic (exact) mass is 512 g/mol. The van der Waals surface area contributed by atoms with Crippen molar-refractivity contribution >= 4 is 17.0 Å². The molecule has 5 rings (SSSR count). The van der Waals surface area contributed by atoms with E-state index >= 15 is 0 Å². The minimum Gasteiger partial charge on any atom is -0.488 e. The highest BCUT2D eigenvalue weighted by Crippen LogP contribution is 2.28. The zero-order chi connectivity index (χ0) is 27.0. The van der Waals surface area contributed by atoms with Crippen molar-refractivity contribution in [1.82, 2.24) is 0 Å². The van der Waals surface area contributed by atoms with Crippen molar-refractivity contribution in [3.63, 3.8) is 0 Å². The van der Waals surface area contributed by atoms with Crippen molar-refractivity contribution in [3.05, 3.63) is 136 Å². The molecule has 0 unspecified atom stereocenters. The van der Waals surface area contributed by atoms with E-state index in [4.69, 9.17) is 13.9 Å². The molecule has 0 bridgehead atoms. The van der Waals surface area contributed by atoms with E-state index in [1.54, 1.807) is 12.1 Å². The van der Waals surface area contributed by atoms with Crippen LogP contribution >= 0.6 is 0 Å². The number of ether oxygens (including phenoxy) is 2.